The van der Waals surface area contributed by atoms with Gasteiger partial charge in [-0.05, 0) is 41.1 Å². The molecule has 1 aromatic carbocycles. The average Bonchev–Trinajstić information content (AvgIpc) is 2.33. The summed E-state index contributed by atoms with van der Waals surface area (Å²) >= 11 is 3.00. The average molecular weight is 328 g/mol. The number of hydrogen-bond acceptors (Lipinski definition) is 3. The van der Waals surface area contributed by atoms with Gasteiger partial charge in [0.25, 0.3) is 5.91 Å². The van der Waals surface area contributed by atoms with Crippen LogP contribution in [0.1, 0.15) is 16.1 Å². The first kappa shape index (κ1) is 13.5. The highest BCUT2D eigenvalue weighted by Crippen LogP contribution is 2.21. The maximum Gasteiger partial charge on any atom is 0.259 e. The molecule has 98 valence electrons. The minimum atomic E-state index is -1.10. The third-order valence-electron chi connectivity index (χ3n) is 2.27. The zero-order chi connectivity index (χ0) is 14.0. The molecule has 0 unspecified atom stereocenters. The molecule has 7 heteroatoms. The van der Waals surface area contributed by atoms with Crippen LogP contribution in [-0.4, -0.2) is 15.9 Å². The summed E-state index contributed by atoms with van der Waals surface area (Å²) in [5.41, 5.74) is 0.638. The van der Waals surface area contributed by atoms with Gasteiger partial charge in [-0.2, -0.15) is 0 Å². The smallest absolute Gasteiger partial charge is 0.259 e. The number of hydrogen-bond donors (Lipinski definition) is 1. The van der Waals surface area contributed by atoms with Gasteiger partial charge in [0.15, 0.2) is 11.6 Å². The van der Waals surface area contributed by atoms with Crippen molar-refractivity contribution in [3.05, 3.63) is 51.8 Å². The molecule has 1 heterocycles. The van der Waals surface area contributed by atoms with Crippen LogP contribution in [0.25, 0.3) is 0 Å². The van der Waals surface area contributed by atoms with E-state index in [0.29, 0.717) is 5.69 Å². The topological polar surface area (TPSA) is 54.9 Å². The van der Waals surface area contributed by atoms with Gasteiger partial charge in [0.1, 0.15) is 0 Å². The van der Waals surface area contributed by atoms with Crippen LogP contribution in [0.4, 0.5) is 14.7 Å². The highest BCUT2D eigenvalue weighted by atomic mass is 79.9. The van der Waals surface area contributed by atoms with E-state index in [0.717, 1.165) is 12.1 Å². The van der Waals surface area contributed by atoms with E-state index in [-0.39, 0.29) is 16.0 Å². The Bertz CT molecular complexity index is 649. The van der Waals surface area contributed by atoms with Crippen molar-refractivity contribution in [3.8, 4) is 0 Å². The minimum Gasteiger partial charge on any atom is -0.290 e. The number of aryl methyl sites for hydroxylation is 1. The van der Waals surface area contributed by atoms with Crippen molar-refractivity contribution in [2.45, 2.75) is 6.92 Å². The van der Waals surface area contributed by atoms with Crippen molar-refractivity contribution in [3.63, 3.8) is 0 Å². The fraction of sp³-hybridized carbons (Fsp3) is 0.0833. The van der Waals surface area contributed by atoms with Gasteiger partial charge in [0, 0.05) is 16.4 Å². The summed E-state index contributed by atoms with van der Waals surface area (Å²) in [6, 6.07) is 3.37. The number of benzene rings is 1. The molecule has 0 aliphatic rings. The summed E-state index contributed by atoms with van der Waals surface area (Å²) in [6.45, 7) is 1.74. The molecule has 0 saturated carbocycles. The second kappa shape index (κ2) is 5.40. The molecular weight excluding hydrogens is 320 g/mol. The van der Waals surface area contributed by atoms with Gasteiger partial charge in [-0.3, -0.25) is 10.1 Å². The number of carbonyl (C=O) groups excluding carboxylic acids is 1. The van der Waals surface area contributed by atoms with Crippen molar-refractivity contribution in [2.24, 2.45) is 0 Å². The Kier molecular flexibility index (Phi) is 3.84. The monoisotopic (exact) mass is 327 g/mol. The fourth-order valence-electron chi connectivity index (χ4n) is 1.37. The molecule has 1 aromatic heterocycles. The predicted octanol–water partition coefficient (Wildman–Crippen LogP) is 3.08. The molecule has 0 aliphatic heterocycles. The summed E-state index contributed by atoms with van der Waals surface area (Å²) in [5.74, 6) is -2.66. The number of carbonyl (C=O) groups is 1. The van der Waals surface area contributed by atoms with Crippen LogP contribution in [-0.2, 0) is 0 Å². The summed E-state index contributed by atoms with van der Waals surface area (Å²) in [7, 11) is 0. The third kappa shape index (κ3) is 3.11. The number of aromatic nitrogens is 2. The van der Waals surface area contributed by atoms with Gasteiger partial charge in [-0.25, -0.2) is 18.7 Å². The van der Waals surface area contributed by atoms with Gasteiger partial charge in [-0.1, -0.05) is 0 Å². The largest absolute Gasteiger partial charge is 0.290 e. The molecule has 2 rings (SSSR count). The molecule has 0 spiro atoms. The van der Waals surface area contributed by atoms with Gasteiger partial charge in [-0.15, -0.1) is 0 Å². The summed E-state index contributed by atoms with van der Waals surface area (Å²) < 4.78 is 26.2. The number of nitrogens with one attached hydrogen (secondary N) is 1. The van der Waals surface area contributed by atoms with Gasteiger partial charge in [0.2, 0.25) is 5.95 Å². The number of halogens is 3. The first-order chi connectivity index (χ1) is 8.97. The maximum absolute atomic E-state index is 13.1. The zero-order valence-electron chi connectivity index (χ0n) is 9.75. The molecule has 0 aliphatic carbocycles. The molecule has 2 aromatic rings. The molecule has 4 nitrogen and oxygen atoms in total. The minimum absolute atomic E-state index is 0.0380. The van der Waals surface area contributed by atoms with Crippen LogP contribution >= 0.6 is 15.9 Å². The lowest BCUT2D eigenvalue weighted by Gasteiger charge is -2.06. The molecular formula is C12H8BrF2N3O. The highest BCUT2D eigenvalue weighted by molar-refractivity contribution is 9.10. The standard InChI is InChI=1S/C12H8BrF2N3O/c1-6-2-3-16-12(17-6)18-11(19)7-4-9(14)10(15)5-8(7)13/h2-5H,1H3,(H,16,17,18,19). The Morgan fingerprint density at radius 1 is 1.32 bits per heavy atom. The molecule has 19 heavy (non-hydrogen) atoms. The Morgan fingerprint density at radius 3 is 2.68 bits per heavy atom. The van der Waals surface area contributed by atoms with Gasteiger partial charge < -0.3 is 0 Å². The SMILES string of the molecule is Cc1ccnc(NC(=O)c2cc(F)c(F)cc2Br)n1. The first-order valence-electron chi connectivity index (χ1n) is 5.23. The quantitative estimate of drug-likeness (QED) is 0.862. The second-order valence-electron chi connectivity index (χ2n) is 3.72. The maximum atomic E-state index is 13.1. The summed E-state index contributed by atoms with van der Waals surface area (Å²) in [5, 5.41) is 2.41. The molecule has 0 fully saturated rings. The van der Waals surface area contributed by atoms with Crippen LogP contribution in [0, 0.1) is 18.6 Å². The normalized spacial score (nSPS) is 10.3. The first-order valence-corrected chi connectivity index (χ1v) is 6.02. The van der Waals surface area contributed by atoms with Crippen LogP contribution < -0.4 is 5.32 Å². The fourth-order valence-corrected chi connectivity index (χ4v) is 1.87. The Morgan fingerprint density at radius 2 is 2.00 bits per heavy atom. The van der Waals surface area contributed by atoms with Crippen molar-refractivity contribution in [1.82, 2.24) is 9.97 Å². The van der Waals surface area contributed by atoms with Gasteiger partial charge >= 0.3 is 0 Å². The van der Waals surface area contributed by atoms with E-state index in [1.54, 1.807) is 13.0 Å². The Hall–Kier alpha value is -1.89. The van der Waals surface area contributed by atoms with Crippen molar-refractivity contribution < 1.29 is 13.6 Å². The number of nitrogens with zero attached hydrogens (tertiary/aromatic N) is 2. The van der Waals surface area contributed by atoms with Crippen molar-refractivity contribution in [1.29, 1.82) is 0 Å². The van der Waals surface area contributed by atoms with E-state index in [9.17, 15) is 13.6 Å². The van der Waals surface area contributed by atoms with E-state index >= 15 is 0 Å². The van der Waals surface area contributed by atoms with E-state index < -0.39 is 17.5 Å². The summed E-state index contributed by atoms with van der Waals surface area (Å²) in [4.78, 5) is 19.7. The molecule has 0 radical (unpaired) electrons. The molecule has 0 bridgehead atoms. The van der Waals surface area contributed by atoms with Crippen LogP contribution in [0.15, 0.2) is 28.9 Å². The molecule has 1 N–H and O–H groups in total. The van der Waals surface area contributed by atoms with Crippen molar-refractivity contribution in [2.75, 3.05) is 5.32 Å². The van der Waals surface area contributed by atoms with Gasteiger partial charge in [0.05, 0.1) is 5.56 Å². The number of amides is 1. The lowest BCUT2D eigenvalue weighted by molar-refractivity contribution is 0.102. The van der Waals surface area contributed by atoms with E-state index in [1.165, 1.54) is 6.20 Å². The lowest BCUT2D eigenvalue weighted by atomic mass is 10.2. The number of anilines is 1. The molecule has 0 saturated heterocycles. The zero-order valence-corrected chi connectivity index (χ0v) is 11.3. The second-order valence-corrected chi connectivity index (χ2v) is 4.58. The summed E-state index contributed by atoms with van der Waals surface area (Å²) in [6.07, 6.45) is 1.48. The van der Waals surface area contributed by atoms with Crippen LogP contribution in [0.5, 0.6) is 0 Å². The van der Waals surface area contributed by atoms with Crippen LogP contribution in [0.3, 0.4) is 0 Å². The number of rotatable bonds is 2. The lowest BCUT2D eigenvalue weighted by Crippen LogP contribution is -2.15. The Balaban J connectivity index is 2.28. The van der Waals surface area contributed by atoms with E-state index in [2.05, 4.69) is 31.2 Å². The highest BCUT2D eigenvalue weighted by Gasteiger charge is 2.15. The Labute approximate surface area is 116 Å². The molecule has 1 amide bonds. The van der Waals surface area contributed by atoms with E-state index in [4.69, 9.17) is 0 Å². The van der Waals surface area contributed by atoms with Crippen LogP contribution in [0.2, 0.25) is 0 Å². The van der Waals surface area contributed by atoms with E-state index in [1.807, 2.05) is 0 Å². The molecule has 0 atom stereocenters. The third-order valence-corrected chi connectivity index (χ3v) is 2.93. The van der Waals surface area contributed by atoms with Crippen molar-refractivity contribution >= 4 is 27.8 Å². The predicted molar refractivity (Wildman–Crippen MR) is 68.8 cm³/mol.